The largest absolute Gasteiger partial charge is 0.394 e. The first-order chi connectivity index (χ1) is 12.2. The zero-order chi connectivity index (χ0) is 17.6. The molecule has 0 amide bonds. The molecular weight excluding hydrogens is 320 g/mol. The van der Waals surface area contributed by atoms with Gasteiger partial charge in [-0.05, 0) is 31.4 Å². The first-order valence-corrected chi connectivity index (χ1v) is 8.73. The maximum atomic E-state index is 11.7. The van der Waals surface area contributed by atoms with Gasteiger partial charge in [-0.25, -0.2) is 9.97 Å². The number of hydrogen-bond donors (Lipinski definition) is 2. The smallest absolute Gasteiger partial charge is 0.251 e. The van der Waals surface area contributed by atoms with Crippen molar-refractivity contribution in [1.29, 1.82) is 0 Å². The molecule has 7 heteroatoms. The minimum atomic E-state index is -0.147. The highest BCUT2D eigenvalue weighted by molar-refractivity contribution is 5.56. The SMILES string of the molecule is CCc1cc(=O)[nH]c(-c2ccc(N3CCCC(OCCO)C3)nc2)n1. The summed E-state index contributed by atoms with van der Waals surface area (Å²) in [5.41, 5.74) is 1.41. The van der Waals surface area contributed by atoms with Crippen molar-refractivity contribution in [2.45, 2.75) is 32.3 Å². The maximum Gasteiger partial charge on any atom is 0.251 e. The number of ether oxygens (including phenoxy) is 1. The topological polar surface area (TPSA) is 91.3 Å². The number of nitrogens with zero attached hydrogens (tertiary/aromatic N) is 3. The van der Waals surface area contributed by atoms with Crippen LogP contribution < -0.4 is 10.5 Å². The molecule has 1 fully saturated rings. The van der Waals surface area contributed by atoms with Crippen molar-refractivity contribution < 1.29 is 9.84 Å². The summed E-state index contributed by atoms with van der Waals surface area (Å²) in [6.07, 6.45) is 4.62. The van der Waals surface area contributed by atoms with Crippen molar-refractivity contribution in [3.63, 3.8) is 0 Å². The molecule has 25 heavy (non-hydrogen) atoms. The first-order valence-electron chi connectivity index (χ1n) is 8.73. The Morgan fingerprint density at radius 1 is 1.44 bits per heavy atom. The quantitative estimate of drug-likeness (QED) is 0.822. The van der Waals surface area contributed by atoms with Gasteiger partial charge in [-0.2, -0.15) is 0 Å². The van der Waals surface area contributed by atoms with E-state index >= 15 is 0 Å². The van der Waals surface area contributed by atoms with Crippen LogP contribution in [0.15, 0.2) is 29.2 Å². The molecule has 3 heterocycles. The molecule has 1 atom stereocenters. The van der Waals surface area contributed by atoms with Crippen molar-refractivity contribution in [3.8, 4) is 11.4 Å². The number of rotatable bonds is 6. The van der Waals surface area contributed by atoms with Gasteiger partial charge in [0.1, 0.15) is 11.6 Å². The molecule has 1 aliphatic rings. The van der Waals surface area contributed by atoms with Gasteiger partial charge in [-0.3, -0.25) is 4.79 Å². The number of aromatic nitrogens is 3. The number of H-pyrrole nitrogens is 1. The van der Waals surface area contributed by atoms with Crippen LogP contribution in [0.5, 0.6) is 0 Å². The Hall–Kier alpha value is -2.25. The van der Waals surface area contributed by atoms with Crippen LogP contribution >= 0.6 is 0 Å². The first kappa shape index (κ1) is 17.6. The number of pyridine rings is 1. The highest BCUT2D eigenvalue weighted by atomic mass is 16.5. The lowest BCUT2D eigenvalue weighted by Crippen LogP contribution is -2.40. The summed E-state index contributed by atoms with van der Waals surface area (Å²) in [7, 11) is 0. The molecule has 1 saturated heterocycles. The minimum Gasteiger partial charge on any atom is -0.394 e. The third-order valence-electron chi connectivity index (χ3n) is 4.33. The molecular formula is C18H24N4O3. The molecule has 0 saturated carbocycles. The third-order valence-corrected chi connectivity index (χ3v) is 4.33. The second-order valence-electron chi connectivity index (χ2n) is 6.15. The Balaban J connectivity index is 1.74. The highest BCUT2D eigenvalue weighted by Gasteiger charge is 2.21. The molecule has 2 aromatic rings. The third kappa shape index (κ3) is 4.43. The summed E-state index contributed by atoms with van der Waals surface area (Å²) < 4.78 is 5.65. The van der Waals surface area contributed by atoms with E-state index in [-0.39, 0.29) is 18.3 Å². The van der Waals surface area contributed by atoms with Crippen LogP contribution in [0.4, 0.5) is 5.82 Å². The normalized spacial score (nSPS) is 17.7. The number of aliphatic hydroxyl groups is 1. The minimum absolute atomic E-state index is 0.0471. The molecule has 2 aromatic heterocycles. The fraction of sp³-hybridized carbons (Fsp3) is 0.500. The fourth-order valence-corrected chi connectivity index (χ4v) is 3.04. The van der Waals surface area contributed by atoms with Crippen LogP contribution in [0.2, 0.25) is 0 Å². The summed E-state index contributed by atoms with van der Waals surface area (Å²) in [4.78, 5) is 25.7. The number of piperidine rings is 1. The molecule has 134 valence electrons. The number of aliphatic hydroxyl groups excluding tert-OH is 1. The Labute approximate surface area is 146 Å². The van der Waals surface area contributed by atoms with E-state index < -0.39 is 0 Å². The Morgan fingerprint density at radius 2 is 2.32 bits per heavy atom. The van der Waals surface area contributed by atoms with Crippen molar-refractivity contribution in [2.24, 2.45) is 0 Å². The number of anilines is 1. The van der Waals surface area contributed by atoms with Gasteiger partial charge in [-0.1, -0.05) is 6.92 Å². The van der Waals surface area contributed by atoms with E-state index in [4.69, 9.17) is 9.84 Å². The van der Waals surface area contributed by atoms with Crippen LogP contribution in [-0.2, 0) is 11.2 Å². The second-order valence-corrected chi connectivity index (χ2v) is 6.15. The van der Waals surface area contributed by atoms with Crippen LogP contribution in [0.1, 0.15) is 25.5 Å². The lowest BCUT2D eigenvalue weighted by molar-refractivity contribution is 0.0213. The van der Waals surface area contributed by atoms with Gasteiger partial charge in [0.15, 0.2) is 0 Å². The van der Waals surface area contributed by atoms with Gasteiger partial charge in [0.2, 0.25) is 0 Å². The van der Waals surface area contributed by atoms with Gasteiger partial charge < -0.3 is 19.7 Å². The zero-order valence-corrected chi connectivity index (χ0v) is 14.4. The van der Waals surface area contributed by atoms with Crippen molar-refractivity contribution in [3.05, 3.63) is 40.4 Å². The number of hydrogen-bond acceptors (Lipinski definition) is 6. The van der Waals surface area contributed by atoms with Crippen molar-refractivity contribution in [1.82, 2.24) is 15.0 Å². The predicted octanol–water partition coefficient (Wildman–Crippen LogP) is 1.37. The van der Waals surface area contributed by atoms with E-state index in [1.165, 1.54) is 6.07 Å². The second kappa shape index (κ2) is 8.22. The van der Waals surface area contributed by atoms with E-state index in [1.54, 1.807) is 6.20 Å². The lowest BCUT2D eigenvalue weighted by atomic mass is 10.1. The molecule has 0 aliphatic carbocycles. The van der Waals surface area contributed by atoms with Crippen molar-refractivity contribution in [2.75, 3.05) is 31.2 Å². The van der Waals surface area contributed by atoms with Crippen LogP contribution in [0.3, 0.4) is 0 Å². The summed E-state index contributed by atoms with van der Waals surface area (Å²) in [6.45, 7) is 4.10. The summed E-state index contributed by atoms with van der Waals surface area (Å²) in [5, 5.41) is 8.89. The van der Waals surface area contributed by atoms with Gasteiger partial charge in [0.25, 0.3) is 5.56 Å². The summed E-state index contributed by atoms with van der Waals surface area (Å²) >= 11 is 0. The molecule has 3 rings (SSSR count). The maximum absolute atomic E-state index is 11.7. The van der Waals surface area contributed by atoms with E-state index in [0.29, 0.717) is 18.9 Å². The standard InChI is InChI=1S/C18H24N4O3/c1-2-14-10-17(24)21-18(20-14)13-5-6-16(19-11-13)22-7-3-4-15(12-22)25-9-8-23/h5-6,10-11,15,23H,2-4,7-9,12H2,1H3,(H,20,21,24). The van der Waals surface area contributed by atoms with E-state index in [1.807, 2.05) is 19.1 Å². The average molecular weight is 344 g/mol. The van der Waals surface area contributed by atoms with Gasteiger partial charge in [0, 0.05) is 36.6 Å². The number of aryl methyl sites for hydroxylation is 1. The zero-order valence-electron chi connectivity index (χ0n) is 14.4. The molecule has 1 unspecified atom stereocenters. The number of nitrogens with one attached hydrogen (secondary N) is 1. The lowest BCUT2D eigenvalue weighted by Gasteiger charge is -2.33. The van der Waals surface area contributed by atoms with E-state index in [9.17, 15) is 4.79 Å². The Kier molecular flexibility index (Phi) is 5.78. The molecule has 0 aromatic carbocycles. The molecule has 0 bridgehead atoms. The van der Waals surface area contributed by atoms with Crippen LogP contribution in [0, 0.1) is 0 Å². The predicted molar refractivity (Wildman–Crippen MR) is 95.7 cm³/mol. The van der Waals surface area contributed by atoms with Crippen LogP contribution in [0.25, 0.3) is 11.4 Å². The molecule has 0 spiro atoms. The van der Waals surface area contributed by atoms with E-state index in [2.05, 4.69) is 19.9 Å². The highest BCUT2D eigenvalue weighted by Crippen LogP contribution is 2.22. The Bertz CT molecular complexity index is 745. The molecule has 0 radical (unpaired) electrons. The molecule has 2 N–H and O–H groups in total. The average Bonchev–Trinajstić information content (AvgIpc) is 2.66. The molecule has 1 aliphatic heterocycles. The van der Waals surface area contributed by atoms with Gasteiger partial charge >= 0.3 is 0 Å². The fourth-order valence-electron chi connectivity index (χ4n) is 3.04. The molecule has 7 nitrogen and oxygen atoms in total. The van der Waals surface area contributed by atoms with Crippen molar-refractivity contribution >= 4 is 5.82 Å². The van der Waals surface area contributed by atoms with Gasteiger partial charge in [-0.15, -0.1) is 0 Å². The monoisotopic (exact) mass is 344 g/mol. The van der Waals surface area contributed by atoms with Gasteiger partial charge in [0.05, 0.1) is 19.3 Å². The summed E-state index contributed by atoms with van der Waals surface area (Å²) in [6, 6.07) is 5.40. The van der Waals surface area contributed by atoms with E-state index in [0.717, 1.165) is 43.0 Å². The Morgan fingerprint density at radius 3 is 3.04 bits per heavy atom. The number of aromatic amines is 1. The summed E-state index contributed by atoms with van der Waals surface area (Å²) in [5.74, 6) is 1.43. The van der Waals surface area contributed by atoms with Crippen LogP contribution in [-0.4, -0.2) is 52.5 Å².